The predicted octanol–water partition coefficient (Wildman–Crippen LogP) is 2.08. The first-order valence-electron chi connectivity index (χ1n) is 8.53. The van der Waals surface area contributed by atoms with Gasteiger partial charge >= 0.3 is 5.97 Å². The third-order valence-electron chi connectivity index (χ3n) is 5.10. The molecule has 0 bridgehead atoms. The molecule has 0 aromatic carbocycles. The Morgan fingerprint density at radius 1 is 1.50 bits per heavy atom. The van der Waals surface area contributed by atoms with E-state index in [1.807, 2.05) is 42.8 Å². The fourth-order valence-corrected chi connectivity index (χ4v) is 3.82. The van der Waals surface area contributed by atoms with Gasteiger partial charge in [0.2, 0.25) is 0 Å². The molecular weight excluding hydrogens is 306 g/mol. The molecule has 3 heterocycles. The number of aliphatic hydroxyl groups excluding tert-OH is 1. The van der Waals surface area contributed by atoms with E-state index >= 15 is 0 Å². The van der Waals surface area contributed by atoms with Gasteiger partial charge in [-0.15, -0.1) is 0 Å². The lowest BCUT2D eigenvalue weighted by Gasteiger charge is -2.43. The summed E-state index contributed by atoms with van der Waals surface area (Å²) in [4.78, 5) is 18.6. The van der Waals surface area contributed by atoms with Gasteiger partial charge in [0.15, 0.2) is 0 Å². The van der Waals surface area contributed by atoms with Crippen molar-refractivity contribution < 1.29 is 15.0 Å². The van der Waals surface area contributed by atoms with Gasteiger partial charge < -0.3 is 14.6 Å². The van der Waals surface area contributed by atoms with Crippen molar-refractivity contribution in [1.82, 2.24) is 14.3 Å². The summed E-state index contributed by atoms with van der Waals surface area (Å²) >= 11 is 0. The number of rotatable bonds is 5. The van der Waals surface area contributed by atoms with E-state index in [2.05, 4.69) is 9.88 Å². The summed E-state index contributed by atoms with van der Waals surface area (Å²) in [6.45, 7) is 5.64. The van der Waals surface area contributed by atoms with Crippen LogP contribution in [0.1, 0.15) is 37.4 Å². The van der Waals surface area contributed by atoms with Crippen molar-refractivity contribution in [2.24, 2.45) is 5.41 Å². The van der Waals surface area contributed by atoms with Gasteiger partial charge in [0, 0.05) is 32.0 Å². The summed E-state index contributed by atoms with van der Waals surface area (Å²) in [5, 5.41) is 20.0. The molecule has 2 aromatic heterocycles. The van der Waals surface area contributed by atoms with Crippen LogP contribution in [-0.4, -0.2) is 49.7 Å². The highest BCUT2D eigenvalue weighted by Gasteiger charge is 2.48. The Morgan fingerprint density at radius 2 is 2.29 bits per heavy atom. The molecule has 0 saturated carbocycles. The molecule has 6 nitrogen and oxygen atoms in total. The van der Waals surface area contributed by atoms with Crippen LogP contribution in [-0.2, 0) is 11.3 Å². The average Bonchev–Trinajstić information content (AvgIpc) is 2.94. The number of aliphatic hydroxyl groups is 1. The number of pyridine rings is 1. The maximum atomic E-state index is 11.9. The zero-order valence-electron chi connectivity index (χ0n) is 14.3. The molecule has 0 amide bonds. The van der Waals surface area contributed by atoms with Gasteiger partial charge in [-0.3, -0.25) is 9.69 Å². The number of fused-ring (bicyclic) bond motifs is 1. The summed E-state index contributed by atoms with van der Waals surface area (Å²) in [7, 11) is 0. The number of hydrogen-bond donors (Lipinski definition) is 2. The van der Waals surface area contributed by atoms with Gasteiger partial charge in [-0.25, -0.2) is 4.98 Å². The Morgan fingerprint density at radius 3 is 2.96 bits per heavy atom. The monoisotopic (exact) mass is 331 g/mol. The summed E-state index contributed by atoms with van der Waals surface area (Å²) in [6.07, 6.45) is 4.90. The normalized spacial score (nSPS) is 25.2. The Balaban J connectivity index is 1.81. The second-order valence-electron chi connectivity index (χ2n) is 6.88. The van der Waals surface area contributed by atoms with Crippen LogP contribution in [0.4, 0.5) is 0 Å². The van der Waals surface area contributed by atoms with E-state index in [-0.39, 0.29) is 0 Å². The van der Waals surface area contributed by atoms with E-state index in [1.54, 1.807) is 0 Å². The fraction of sp³-hybridized carbons (Fsp3) is 0.556. The largest absolute Gasteiger partial charge is 0.481 e. The van der Waals surface area contributed by atoms with E-state index in [1.165, 1.54) is 0 Å². The lowest BCUT2D eigenvalue weighted by atomic mass is 9.74. The molecule has 0 spiro atoms. The highest BCUT2D eigenvalue weighted by molar-refractivity contribution is 5.76. The molecule has 2 N–H and O–H groups in total. The highest BCUT2D eigenvalue weighted by Crippen LogP contribution is 2.36. The van der Waals surface area contributed by atoms with Crippen LogP contribution in [0.15, 0.2) is 24.5 Å². The number of carboxylic acids is 1. The Labute approximate surface area is 141 Å². The smallest absolute Gasteiger partial charge is 0.313 e. The highest BCUT2D eigenvalue weighted by atomic mass is 16.4. The molecule has 130 valence electrons. The van der Waals surface area contributed by atoms with Crippen molar-refractivity contribution in [2.75, 3.05) is 13.1 Å². The fourth-order valence-electron chi connectivity index (χ4n) is 3.82. The van der Waals surface area contributed by atoms with Crippen LogP contribution >= 0.6 is 0 Å². The van der Waals surface area contributed by atoms with Crippen molar-refractivity contribution in [3.8, 4) is 0 Å². The molecule has 2 aromatic rings. The van der Waals surface area contributed by atoms with Gasteiger partial charge in [0.25, 0.3) is 0 Å². The molecule has 1 aliphatic heterocycles. The number of hydrogen-bond acceptors (Lipinski definition) is 4. The van der Waals surface area contributed by atoms with Gasteiger partial charge in [-0.2, -0.15) is 0 Å². The number of aromatic nitrogens is 2. The molecule has 6 heteroatoms. The van der Waals surface area contributed by atoms with E-state index < -0.39 is 17.5 Å². The second-order valence-corrected chi connectivity index (χ2v) is 6.88. The molecule has 0 radical (unpaired) electrons. The van der Waals surface area contributed by atoms with Crippen molar-refractivity contribution >= 4 is 11.6 Å². The predicted molar refractivity (Wildman–Crippen MR) is 90.8 cm³/mol. The summed E-state index contributed by atoms with van der Waals surface area (Å²) in [6, 6.07) is 4.02. The molecule has 2 atom stereocenters. The zero-order chi connectivity index (χ0) is 17.3. The van der Waals surface area contributed by atoms with Crippen molar-refractivity contribution in [3.05, 3.63) is 35.8 Å². The maximum absolute atomic E-state index is 11.9. The minimum atomic E-state index is -1.07. The van der Waals surface area contributed by atoms with Crippen molar-refractivity contribution in [1.29, 1.82) is 0 Å². The number of likely N-dealkylation sites (tertiary alicyclic amines) is 1. The number of carboxylic acid groups (broad SMARTS) is 1. The van der Waals surface area contributed by atoms with E-state index in [9.17, 15) is 15.0 Å². The molecule has 0 aliphatic carbocycles. The second kappa shape index (κ2) is 6.53. The van der Waals surface area contributed by atoms with Crippen molar-refractivity contribution in [2.45, 2.75) is 45.8 Å². The molecule has 24 heavy (non-hydrogen) atoms. The number of carbonyl (C=O) groups is 1. The third kappa shape index (κ3) is 2.91. The lowest BCUT2D eigenvalue weighted by molar-refractivity contribution is -0.164. The number of piperidine rings is 1. The van der Waals surface area contributed by atoms with Gasteiger partial charge in [0.1, 0.15) is 11.1 Å². The van der Waals surface area contributed by atoms with Crippen LogP contribution in [0.25, 0.3) is 5.65 Å². The van der Waals surface area contributed by atoms with Crippen molar-refractivity contribution in [3.63, 3.8) is 0 Å². The molecule has 1 saturated heterocycles. The SMILES string of the molecule is CCC[C@@]1(C(=O)O)CN(Cc2cn3cccc(C)c3n2)CC[C@H]1O. The Bertz CT molecular complexity index is 742. The first kappa shape index (κ1) is 16.9. The summed E-state index contributed by atoms with van der Waals surface area (Å²) in [5.74, 6) is -0.896. The van der Waals surface area contributed by atoms with Crippen LogP contribution in [0.2, 0.25) is 0 Å². The minimum absolute atomic E-state index is 0.365. The quantitative estimate of drug-likeness (QED) is 0.877. The number of aryl methyl sites for hydroxylation is 1. The zero-order valence-corrected chi connectivity index (χ0v) is 14.3. The molecule has 1 aliphatic rings. The van der Waals surface area contributed by atoms with E-state index in [4.69, 9.17) is 0 Å². The standard InChI is InChI=1S/C18H25N3O3/c1-3-7-18(17(23)24)12-20(9-6-15(18)22)10-14-11-21-8-4-5-13(2)16(21)19-14/h4-5,8,11,15,22H,3,6-7,9-10,12H2,1-2H3,(H,23,24)/t15-,18-/m1/s1. The number of imidazole rings is 1. The Kier molecular flexibility index (Phi) is 4.60. The number of nitrogens with zero attached hydrogens (tertiary/aromatic N) is 3. The van der Waals surface area contributed by atoms with Gasteiger partial charge in [-0.1, -0.05) is 19.4 Å². The molecule has 0 unspecified atom stereocenters. The van der Waals surface area contributed by atoms with E-state index in [0.29, 0.717) is 32.5 Å². The average molecular weight is 331 g/mol. The topological polar surface area (TPSA) is 78.1 Å². The molecule has 3 rings (SSSR count). The van der Waals surface area contributed by atoms with Crippen LogP contribution in [0.3, 0.4) is 0 Å². The first-order chi connectivity index (χ1) is 11.5. The van der Waals surface area contributed by atoms with Gasteiger partial charge in [0.05, 0.1) is 11.8 Å². The summed E-state index contributed by atoms with van der Waals surface area (Å²) < 4.78 is 2.00. The van der Waals surface area contributed by atoms with Crippen LogP contribution in [0, 0.1) is 12.3 Å². The minimum Gasteiger partial charge on any atom is -0.481 e. The summed E-state index contributed by atoms with van der Waals surface area (Å²) in [5.41, 5.74) is 1.91. The molecular formula is C18H25N3O3. The Hall–Kier alpha value is -1.92. The van der Waals surface area contributed by atoms with Gasteiger partial charge in [-0.05, 0) is 31.4 Å². The van der Waals surface area contributed by atoms with Crippen LogP contribution in [0.5, 0.6) is 0 Å². The maximum Gasteiger partial charge on any atom is 0.313 e. The third-order valence-corrected chi connectivity index (χ3v) is 5.10. The number of aliphatic carboxylic acids is 1. The molecule has 1 fully saturated rings. The lowest BCUT2D eigenvalue weighted by Crippen LogP contribution is -2.55. The van der Waals surface area contributed by atoms with Crippen LogP contribution < -0.4 is 0 Å². The van der Waals surface area contributed by atoms with E-state index in [0.717, 1.165) is 23.3 Å². The first-order valence-corrected chi connectivity index (χ1v) is 8.53.